The van der Waals surface area contributed by atoms with Crippen LogP contribution in [0.4, 0.5) is 8.78 Å². The molecule has 0 spiro atoms. The van der Waals surface area contributed by atoms with Crippen LogP contribution in [0.2, 0.25) is 5.15 Å². The Labute approximate surface area is 166 Å². The van der Waals surface area contributed by atoms with Gasteiger partial charge in [-0.3, -0.25) is 9.59 Å². The predicted octanol–water partition coefficient (Wildman–Crippen LogP) is 2.77. The SMILES string of the molecule is C=C(OCC)C(=O)NC1(c2nnn(COC(=O)C(C)(C)C)c2Cl)CC(F)(F)C1. The van der Waals surface area contributed by atoms with E-state index in [1.807, 2.05) is 0 Å². The Balaban J connectivity index is 2.22. The maximum absolute atomic E-state index is 13.7. The van der Waals surface area contributed by atoms with Crippen LogP contribution in [0.15, 0.2) is 12.3 Å². The zero-order chi connectivity index (χ0) is 21.3. The summed E-state index contributed by atoms with van der Waals surface area (Å²) in [5, 5.41) is 9.97. The van der Waals surface area contributed by atoms with Crippen LogP contribution in [-0.4, -0.2) is 39.4 Å². The number of hydrogen-bond acceptors (Lipinski definition) is 6. The minimum atomic E-state index is -2.99. The summed E-state index contributed by atoms with van der Waals surface area (Å²) in [6.07, 6.45) is -1.41. The average molecular weight is 421 g/mol. The van der Waals surface area contributed by atoms with E-state index in [-0.39, 0.29) is 29.9 Å². The van der Waals surface area contributed by atoms with E-state index in [9.17, 15) is 18.4 Å². The second kappa shape index (κ2) is 7.65. The largest absolute Gasteiger partial charge is 0.489 e. The van der Waals surface area contributed by atoms with E-state index < -0.39 is 41.6 Å². The number of carbonyl (C=O) groups excluding carboxylic acids is 2. The molecule has 1 aliphatic carbocycles. The third-order valence-corrected chi connectivity index (χ3v) is 4.48. The number of nitrogens with one attached hydrogen (secondary N) is 1. The van der Waals surface area contributed by atoms with Crippen LogP contribution in [0, 0.1) is 5.41 Å². The number of esters is 1. The van der Waals surface area contributed by atoms with Crippen LogP contribution in [0.25, 0.3) is 0 Å². The fourth-order valence-electron chi connectivity index (χ4n) is 2.69. The fourth-order valence-corrected chi connectivity index (χ4v) is 2.99. The van der Waals surface area contributed by atoms with Crippen molar-refractivity contribution in [2.45, 2.75) is 58.7 Å². The molecule has 2 rings (SSSR count). The van der Waals surface area contributed by atoms with Gasteiger partial charge in [0.25, 0.3) is 11.8 Å². The molecule has 1 fully saturated rings. The summed E-state index contributed by atoms with van der Waals surface area (Å²) in [6, 6.07) is 0. The van der Waals surface area contributed by atoms with Gasteiger partial charge in [-0.05, 0) is 27.7 Å². The van der Waals surface area contributed by atoms with Gasteiger partial charge in [0.05, 0.1) is 17.6 Å². The third kappa shape index (κ3) is 4.60. The highest BCUT2D eigenvalue weighted by molar-refractivity contribution is 6.30. The molecule has 28 heavy (non-hydrogen) atoms. The summed E-state index contributed by atoms with van der Waals surface area (Å²) < 4.78 is 38.5. The van der Waals surface area contributed by atoms with Crippen LogP contribution in [-0.2, 0) is 31.3 Å². The van der Waals surface area contributed by atoms with Crippen molar-refractivity contribution in [1.82, 2.24) is 20.3 Å². The Kier molecular flexibility index (Phi) is 6.03. The van der Waals surface area contributed by atoms with Crippen LogP contribution >= 0.6 is 11.6 Å². The predicted molar refractivity (Wildman–Crippen MR) is 95.3 cm³/mol. The van der Waals surface area contributed by atoms with E-state index in [0.717, 1.165) is 4.68 Å². The quantitative estimate of drug-likeness (QED) is 0.414. The molecule has 8 nitrogen and oxygen atoms in total. The summed E-state index contributed by atoms with van der Waals surface area (Å²) in [6.45, 7) is 10.0. The number of aromatic nitrogens is 3. The lowest BCUT2D eigenvalue weighted by Gasteiger charge is -2.46. The van der Waals surface area contributed by atoms with E-state index in [0.29, 0.717) is 0 Å². The summed E-state index contributed by atoms with van der Waals surface area (Å²) in [5.41, 5.74) is -2.30. The Bertz CT molecular complexity index is 781. The van der Waals surface area contributed by atoms with Crippen molar-refractivity contribution in [3.8, 4) is 0 Å². The Hall–Kier alpha value is -2.23. The molecule has 0 atom stereocenters. The van der Waals surface area contributed by atoms with Gasteiger partial charge in [-0.25, -0.2) is 8.78 Å². The first-order chi connectivity index (χ1) is 12.8. The van der Waals surface area contributed by atoms with E-state index in [1.54, 1.807) is 27.7 Å². The molecule has 0 saturated heterocycles. The van der Waals surface area contributed by atoms with Crippen molar-refractivity contribution in [3.63, 3.8) is 0 Å². The Morgan fingerprint density at radius 2 is 1.93 bits per heavy atom. The van der Waals surface area contributed by atoms with E-state index in [4.69, 9.17) is 21.1 Å². The zero-order valence-corrected chi connectivity index (χ0v) is 16.9. The molecule has 1 aromatic heterocycles. The second-order valence-electron chi connectivity index (χ2n) is 7.64. The van der Waals surface area contributed by atoms with Gasteiger partial charge in [0.15, 0.2) is 17.6 Å². The van der Waals surface area contributed by atoms with Gasteiger partial charge in [-0.15, -0.1) is 5.10 Å². The van der Waals surface area contributed by atoms with Gasteiger partial charge in [-0.2, -0.15) is 4.68 Å². The van der Waals surface area contributed by atoms with Crippen LogP contribution in [0.3, 0.4) is 0 Å². The molecule has 11 heteroatoms. The lowest BCUT2D eigenvalue weighted by Crippen LogP contribution is -2.60. The number of rotatable bonds is 7. The number of nitrogens with zero attached hydrogens (tertiary/aromatic N) is 3. The lowest BCUT2D eigenvalue weighted by atomic mass is 9.71. The van der Waals surface area contributed by atoms with E-state index in [1.165, 1.54) is 0 Å². The first-order valence-corrected chi connectivity index (χ1v) is 8.98. The standard InChI is InChI=1S/C17H23ClF2N4O4/c1-6-27-10(2)13(25)21-16(7-17(19,20)8-16)11-12(18)24(23-22-11)9-28-14(26)15(3,4)5/h2,6-9H2,1,3-5H3,(H,21,25). The molecule has 1 amide bonds. The minimum Gasteiger partial charge on any atom is -0.489 e. The average Bonchev–Trinajstić information content (AvgIpc) is 2.91. The monoisotopic (exact) mass is 420 g/mol. The molecule has 1 N–H and O–H groups in total. The summed E-state index contributed by atoms with van der Waals surface area (Å²) >= 11 is 6.23. The van der Waals surface area contributed by atoms with Gasteiger partial charge in [0.1, 0.15) is 5.69 Å². The van der Waals surface area contributed by atoms with Gasteiger partial charge in [-0.1, -0.05) is 23.4 Å². The number of carbonyl (C=O) groups is 2. The van der Waals surface area contributed by atoms with Crippen LogP contribution in [0.1, 0.15) is 46.2 Å². The summed E-state index contributed by atoms with van der Waals surface area (Å²) in [5.74, 6) is -4.44. The summed E-state index contributed by atoms with van der Waals surface area (Å²) in [7, 11) is 0. The van der Waals surface area contributed by atoms with Crippen molar-refractivity contribution in [2.75, 3.05) is 6.61 Å². The molecule has 0 bridgehead atoms. The van der Waals surface area contributed by atoms with Gasteiger partial charge in [0.2, 0.25) is 0 Å². The van der Waals surface area contributed by atoms with Crippen molar-refractivity contribution in [3.05, 3.63) is 23.2 Å². The molecule has 1 heterocycles. The van der Waals surface area contributed by atoms with Gasteiger partial charge in [0, 0.05) is 12.8 Å². The number of ether oxygens (including phenoxy) is 2. The molecule has 1 aliphatic rings. The first-order valence-electron chi connectivity index (χ1n) is 8.60. The fraction of sp³-hybridized carbons (Fsp3) is 0.647. The number of halogens is 3. The lowest BCUT2D eigenvalue weighted by molar-refractivity contribution is -0.157. The highest BCUT2D eigenvalue weighted by Crippen LogP contribution is 2.52. The third-order valence-electron chi connectivity index (χ3n) is 4.10. The first kappa shape index (κ1) is 22.1. The van der Waals surface area contributed by atoms with Crippen molar-refractivity contribution in [2.24, 2.45) is 5.41 Å². The smallest absolute Gasteiger partial charge is 0.313 e. The molecule has 0 unspecified atom stereocenters. The molecule has 0 radical (unpaired) electrons. The Morgan fingerprint density at radius 1 is 1.32 bits per heavy atom. The van der Waals surface area contributed by atoms with Gasteiger partial charge >= 0.3 is 5.97 Å². The molecule has 0 aromatic carbocycles. The molecular formula is C17H23ClF2N4O4. The molecule has 1 saturated carbocycles. The maximum Gasteiger partial charge on any atom is 0.313 e. The second-order valence-corrected chi connectivity index (χ2v) is 8.00. The normalized spacial score (nSPS) is 17.4. The van der Waals surface area contributed by atoms with Crippen LogP contribution in [0.5, 0.6) is 0 Å². The van der Waals surface area contributed by atoms with E-state index >= 15 is 0 Å². The number of amides is 1. The highest BCUT2D eigenvalue weighted by Gasteiger charge is 2.61. The summed E-state index contributed by atoms with van der Waals surface area (Å²) in [4.78, 5) is 24.1. The van der Waals surface area contributed by atoms with Crippen molar-refractivity contribution in [1.29, 1.82) is 0 Å². The molecule has 0 aliphatic heterocycles. The Morgan fingerprint density at radius 3 is 2.43 bits per heavy atom. The number of alkyl halides is 2. The molecule has 156 valence electrons. The topological polar surface area (TPSA) is 95.3 Å². The molecule has 1 aromatic rings. The van der Waals surface area contributed by atoms with Crippen molar-refractivity contribution >= 4 is 23.5 Å². The highest BCUT2D eigenvalue weighted by atomic mass is 35.5. The van der Waals surface area contributed by atoms with Crippen LogP contribution < -0.4 is 5.32 Å². The zero-order valence-electron chi connectivity index (χ0n) is 16.1. The van der Waals surface area contributed by atoms with Gasteiger partial charge < -0.3 is 14.8 Å². The minimum absolute atomic E-state index is 0.0375. The van der Waals surface area contributed by atoms with Crippen molar-refractivity contribution < 1.29 is 27.8 Å². The number of hydrogen-bond donors (Lipinski definition) is 1. The maximum atomic E-state index is 13.7. The molecular weight excluding hydrogens is 398 g/mol. The van der Waals surface area contributed by atoms with E-state index in [2.05, 4.69) is 22.2 Å².